The van der Waals surface area contributed by atoms with Gasteiger partial charge in [0.05, 0.1) is 6.26 Å². The van der Waals surface area contributed by atoms with Crippen LogP contribution >= 0.6 is 0 Å². The first-order valence-electron chi connectivity index (χ1n) is 6.77. The molecular formula is C17H14N2O2. The van der Waals surface area contributed by atoms with Crippen molar-refractivity contribution in [2.45, 2.75) is 13.8 Å². The molecule has 0 spiro atoms. The highest BCUT2D eigenvalue weighted by atomic mass is 16.3. The third-order valence-electron chi connectivity index (χ3n) is 4.00. The number of fused-ring (bicyclic) bond motifs is 4. The Bertz CT molecular complexity index is 1070. The number of aryl methyl sites for hydroxylation is 2. The molecule has 2 aromatic carbocycles. The molecule has 4 nitrogen and oxygen atoms in total. The minimum absolute atomic E-state index is 0.434. The van der Waals surface area contributed by atoms with Crippen LogP contribution in [-0.2, 0) is 0 Å². The molecule has 0 aliphatic heterocycles. The maximum atomic E-state index is 5.92. The normalized spacial score (nSPS) is 12.8. The molecule has 2 heterocycles. The Morgan fingerprint density at radius 1 is 0.952 bits per heavy atom. The van der Waals surface area contributed by atoms with Crippen molar-refractivity contribution in [1.82, 2.24) is 0 Å². The van der Waals surface area contributed by atoms with Crippen LogP contribution in [0.1, 0.15) is 11.1 Å². The van der Waals surface area contributed by atoms with Crippen LogP contribution in [0.3, 0.4) is 0 Å². The molecule has 0 saturated heterocycles. The van der Waals surface area contributed by atoms with E-state index in [4.69, 9.17) is 14.7 Å². The Morgan fingerprint density at radius 2 is 1.71 bits per heavy atom. The standard InChI is InChI=1S/C17H14N2O2/c1-9-8-20-15-10(2)16-14(7-13(9)15)11-5-3-4-6-12(11)17(19-18)21-16/h3-8H,18H2,1-2H3. The molecule has 0 radical (unpaired) electrons. The zero-order valence-corrected chi connectivity index (χ0v) is 11.8. The zero-order chi connectivity index (χ0) is 14.6. The topological polar surface area (TPSA) is 64.7 Å². The second-order valence-electron chi connectivity index (χ2n) is 5.26. The Balaban J connectivity index is 2.38. The monoisotopic (exact) mass is 278 g/mol. The lowest BCUT2D eigenvalue weighted by Crippen LogP contribution is -2.06. The fourth-order valence-corrected chi connectivity index (χ4v) is 2.92. The summed E-state index contributed by atoms with van der Waals surface area (Å²) in [6.07, 6.45) is 1.77. The molecule has 4 heteroatoms. The van der Waals surface area contributed by atoms with Crippen molar-refractivity contribution in [3.63, 3.8) is 0 Å². The molecule has 0 atom stereocenters. The molecule has 0 saturated carbocycles. The molecule has 4 aromatic rings. The van der Waals surface area contributed by atoms with Crippen LogP contribution in [0.2, 0.25) is 0 Å². The van der Waals surface area contributed by atoms with E-state index in [2.05, 4.69) is 17.2 Å². The van der Waals surface area contributed by atoms with Gasteiger partial charge in [-0.25, -0.2) is 0 Å². The Labute approximate surface area is 120 Å². The summed E-state index contributed by atoms with van der Waals surface area (Å²) in [4.78, 5) is 0. The first-order valence-corrected chi connectivity index (χ1v) is 6.77. The van der Waals surface area contributed by atoms with Gasteiger partial charge < -0.3 is 14.7 Å². The SMILES string of the molecule is Cc1coc2c(C)c3oc(=NN)c4ccccc4c3cc12. The lowest BCUT2D eigenvalue weighted by Gasteiger charge is -2.07. The maximum absolute atomic E-state index is 5.92. The molecule has 0 bridgehead atoms. The van der Waals surface area contributed by atoms with E-state index in [-0.39, 0.29) is 0 Å². The molecule has 104 valence electrons. The van der Waals surface area contributed by atoms with E-state index < -0.39 is 0 Å². The Hall–Kier alpha value is -2.75. The van der Waals surface area contributed by atoms with Crippen molar-refractivity contribution in [1.29, 1.82) is 0 Å². The number of benzene rings is 2. The van der Waals surface area contributed by atoms with Crippen LogP contribution in [0, 0.1) is 13.8 Å². The van der Waals surface area contributed by atoms with E-state index in [0.29, 0.717) is 5.55 Å². The maximum Gasteiger partial charge on any atom is 0.243 e. The fraction of sp³-hybridized carbons (Fsp3) is 0.118. The third-order valence-corrected chi connectivity index (χ3v) is 4.00. The predicted octanol–water partition coefficient (Wildman–Crippen LogP) is 3.72. The summed E-state index contributed by atoms with van der Waals surface area (Å²) in [5.41, 5.74) is 4.13. The Morgan fingerprint density at radius 3 is 2.48 bits per heavy atom. The smallest absolute Gasteiger partial charge is 0.243 e. The van der Waals surface area contributed by atoms with E-state index in [9.17, 15) is 0 Å². The molecule has 0 unspecified atom stereocenters. The number of hydrogen-bond acceptors (Lipinski definition) is 4. The largest absolute Gasteiger partial charge is 0.464 e. The quantitative estimate of drug-likeness (QED) is 0.303. The van der Waals surface area contributed by atoms with Gasteiger partial charge in [-0.1, -0.05) is 18.2 Å². The average Bonchev–Trinajstić information content (AvgIpc) is 2.89. The van der Waals surface area contributed by atoms with E-state index in [1.54, 1.807) is 6.26 Å². The third kappa shape index (κ3) is 1.53. The summed E-state index contributed by atoms with van der Waals surface area (Å²) in [5, 5.41) is 7.92. The lowest BCUT2D eigenvalue weighted by atomic mass is 10.0. The highest BCUT2D eigenvalue weighted by Gasteiger charge is 2.14. The van der Waals surface area contributed by atoms with Crippen molar-refractivity contribution >= 4 is 32.7 Å². The highest BCUT2D eigenvalue weighted by Crippen LogP contribution is 2.33. The highest BCUT2D eigenvalue weighted by molar-refractivity contribution is 6.10. The summed E-state index contributed by atoms with van der Waals surface area (Å²) in [7, 11) is 0. The molecule has 2 aromatic heterocycles. The van der Waals surface area contributed by atoms with Crippen molar-refractivity contribution < 1.29 is 8.83 Å². The van der Waals surface area contributed by atoms with Crippen LogP contribution in [0.15, 0.2) is 50.5 Å². The molecular weight excluding hydrogens is 264 g/mol. The van der Waals surface area contributed by atoms with Gasteiger partial charge in [0.15, 0.2) is 0 Å². The summed E-state index contributed by atoms with van der Waals surface area (Å²) < 4.78 is 11.6. The number of furan rings is 1. The molecule has 0 fully saturated rings. The van der Waals surface area contributed by atoms with Crippen LogP contribution < -0.4 is 11.4 Å². The van der Waals surface area contributed by atoms with Gasteiger partial charge in [0.1, 0.15) is 11.2 Å². The second kappa shape index (κ2) is 4.12. The Kier molecular flexibility index (Phi) is 2.36. The minimum atomic E-state index is 0.434. The molecule has 0 aliphatic carbocycles. The van der Waals surface area contributed by atoms with E-state index in [1.165, 1.54) is 0 Å². The average molecular weight is 278 g/mol. The molecule has 21 heavy (non-hydrogen) atoms. The summed E-state index contributed by atoms with van der Waals surface area (Å²) >= 11 is 0. The van der Waals surface area contributed by atoms with Crippen molar-refractivity contribution in [2.24, 2.45) is 10.9 Å². The van der Waals surface area contributed by atoms with E-state index in [0.717, 1.165) is 43.8 Å². The van der Waals surface area contributed by atoms with Crippen molar-refractivity contribution in [3.8, 4) is 0 Å². The minimum Gasteiger partial charge on any atom is -0.464 e. The first-order chi connectivity index (χ1) is 10.2. The van der Waals surface area contributed by atoms with Gasteiger partial charge in [-0.15, -0.1) is 5.10 Å². The van der Waals surface area contributed by atoms with Gasteiger partial charge >= 0.3 is 0 Å². The van der Waals surface area contributed by atoms with Crippen LogP contribution in [0.5, 0.6) is 0 Å². The van der Waals surface area contributed by atoms with E-state index >= 15 is 0 Å². The molecule has 0 aliphatic rings. The second-order valence-corrected chi connectivity index (χ2v) is 5.26. The predicted molar refractivity (Wildman–Crippen MR) is 82.7 cm³/mol. The molecule has 4 rings (SSSR count). The molecule has 2 N–H and O–H groups in total. The number of rotatable bonds is 0. The van der Waals surface area contributed by atoms with Crippen LogP contribution in [0.25, 0.3) is 32.7 Å². The van der Waals surface area contributed by atoms with Gasteiger partial charge in [0.25, 0.3) is 0 Å². The van der Waals surface area contributed by atoms with Gasteiger partial charge in [0, 0.05) is 21.7 Å². The zero-order valence-electron chi connectivity index (χ0n) is 11.8. The lowest BCUT2D eigenvalue weighted by molar-refractivity contribution is 0.542. The first kappa shape index (κ1) is 12.0. The fourth-order valence-electron chi connectivity index (χ4n) is 2.92. The summed E-state index contributed by atoms with van der Waals surface area (Å²) in [5.74, 6) is 5.48. The van der Waals surface area contributed by atoms with Crippen molar-refractivity contribution in [2.75, 3.05) is 0 Å². The van der Waals surface area contributed by atoms with Gasteiger partial charge in [-0.2, -0.15) is 0 Å². The summed E-state index contributed by atoms with van der Waals surface area (Å²) in [6.45, 7) is 4.03. The number of nitrogens with two attached hydrogens (primary N) is 1. The number of hydrogen-bond donors (Lipinski definition) is 1. The van der Waals surface area contributed by atoms with Gasteiger partial charge in [-0.3, -0.25) is 0 Å². The van der Waals surface area contributed by atoms with Crippen molar-refractivity contribution in [3.05, 3.63) is 53.3 Å². The van der Waals surface area contributed by atoms with E-state index in [1.807, 2.05) is 32.0 Å². The molecule has 0 amide bonds. The van der Waals surface area contributed by atoms with Crippen LogP contribution in [0.4, 0.5) is 0 Å². The van der Waals surface area contributed by atoms with Gasteiger partial charge in [0.2, 0.25) is 5.55 Å². The van der Waals surface area contributed by atoms with Gasteiger partial charge in [-0.05, 0) is 36.9 Å². The number of nitrogens with zero attached hydrogens (tertiary/aromatic N) is 1. The summed E-state index contributed by atoms with van der Waals surface area (Å²) in [6, 6.07) is 10.1. The van der Waals surface area contributed by atoms with Crippen LogP contribution in [-0.4, -0.2) is 0 Å².